The van der Waals surface area contributed by atoms with Crippen LogP contribution in [0.15, 0.2) is 36.7 Å². The lowest BCUT2D eigenvalue weighted by Gasteiger charge is -2.01. The lowest BCUT2D eigenvalue weighted by molar-refractivity contribution is 0.0982. The van der Waals surface area contributed by atoms with Crippen LogP contribution < -0.4 is 5.73 Å². The first-order chi connectivity index (χ1) is 9.19. The molecular formula is C15H19N3O. The lowest BCUT2D eigenvalue weighted by Crippen LogP contribution is -2.01. The molecule has 0 saturated carbocycles. The van der Waals surface area contributed by atoms with Gasteiger partial charge in [0.15, 0.2) is 5.78 Å². The van der Waals surface area contributed by atoms with Crippen molar-refractivity contribution in [1.29, 1.82) is 0 Å². The number of carbonyl (C=O) groups excluding carboxylic acids is 1. The van der Waals surface area contributed by atoms with Crippen molar-refractivity contribution < 1.29 is 4.79 Å². The Bertz CT molecular complexity index is 560. The van der Waals surface area contributed by atoms with Crippen molar-refractivity contribution in [2.45, 2.75) is 32.7 Å². The molecule has 0 bridgehead atoms. The van der Waals surface area contributed by atoms with Gasteiger partial charge in [-0.3, -0.25) is 9.48 Å². The molecule has 0 spiro atoms. The Morgan fingerprint density at radius 2 is 2.26 bits per heavy atom. The fraction of sp³-hybridized carbons (Fsp3) is 0.333. The Hall–Kier alpha value is -2.10. The Morgan fingerprint density at radius 1 is 1.42 bits per heavy atom. The molecule has 0 saturated heterocycles. The first-order valence-electron chi connectivity index (χ1n) is 6.59. The van der Waals surface area contributed by atoms with E-state index in [4.69, 9.17) is 5.73 Å². The molecule has 4 nitrogen and oxygen atoms in total. The smallest absolute Gasteiger partial charge is 0.166 e. The number of Topliss-reactive ketones (excluding diaryl/α,β-unsaturated/α-hetero) is 1. The van der Waals surface area contributed by atoms with Crippen molar-refractivity contribution in [3.8, 4) is 0 Å². The molecule has 2 rings (SSSR count). The summed E-state index contributed by atoms with van der Waals surface area (Å²) in [4.78, 5) is 12.0. The maximum absolute atomic E-state index is 12.0. The summed E-state index contributed by atoms with van der Waals surface area (Å²) in [5.41, 5.74) is 8.24. The summed E-state index contributed by atoms with van der Waals surface area (Å²) in [6.07, 6.45) is 5.69. The highest BCUT2D eigenvalue weighted by Gasteiger charge is 2.08. The quantitative estimate of drug-likeness (QED) is 0.639. The minimum absolute atomic E-state index is 0.129. The second-order valence-corrected chi connectivity index (χ2v) is 4.66. The monoisotopic (exact) mass is 257 g/mol. The molecule has 1 aromatic carbocycles. The van der Waals surface area contributed by atoms with Crippen molar-refractivity contribution in [2.75, 3.05) is 5.73 Å². The van der Waals surface area contributed by atoms with E-state index in [0.717, 1.165) is 24.2 Å². The zero-order valence-corrected chi connectivity index (χ0v) is 11.2. The van der Waals surface area contributed by atoms with Crippen LogP contribution in [0.25, 0.3) is 0 Å². The largest absolute Gasteiger partial charge is 0.399 e. The molecule has 0 aliphatic heterocycles. The second-order valence-electron chi connectivity index (χ2n) is 4.66. The molecule has 19 heavy (non-hydrogen) atoms. The minimum Gasteiger partial charge on any atom is -0.399 e. The summed E-state index contributed by atoms with van der Waals surface area (Å²) in [6.45, 7) is 2.94. The molecule has 0 fully saturated rings. The maximum Gasteiger partial charge on any atom is 0.166 e. The number of carbonyl (C=O) groups is 1. The number of hydrogen-bond donors (Lipinski definition) is 1. The van der Waals surface area contributed by atoms with Crippen molar-refractivity contribution >= 4 is 11.5 Å². The first kappa shape index (κ1) is 13.3. The van der Waals surface area contributed by atoms with E-state index in [1.807, 2.05) is 35.1 Å². The number of aromatic nitrogens is 2. The van der Waals surface area contributed by atoms with Gasteiger partial charge in [-0.05, 0) is 30.5 Å². The van der Waals surface area contributed by atoms with Crippen molar-refractivity contribution in [3.63, 3.8) is 0 Å². The van der Waals surface area contributed by atoms with Gasteiger partial charge >= 0.3 is 0 Å². The highest BCUT2D eigenvalue weighted by atomic mass is 16.1. The molecule has 100 valence electrons. The molecule has 0 amide bonds. The lowest BCUT2D eigenvalue weighted by atomic mass is 10.0. The van der Waals surface area contributed by atoms with Crippen LogP contribution in [0, 0.1) is 0 Å². The number of nitrogen functional groups attached to an aromatic ring is 1. The number of benzene rings is 1. The Kier molecular flexibility index (Phi) is 4.34. The topological polar surface area (TPSA) is 60.9 Å². The van der Waals surface area contributed by atoms with Crippen molar-refractivity contribution in [1.82, 2.24) is 9.78 Å². The molecule has 1 heterocycles. The first-order valence-corrected chi connectivity index (χ1v) is 6.59. The summed E-state index contributed by atoms with van der Waals surface area (Å²) in [5, 5.41) is 4.17. The SMILES string of the molecule is CCCn1cc(C(=O)CCc2cccc(N)c2)cn1. The normalized spacial score (nSPS) is 10.6. The molecule has 2 aromatic rings. The van der Waals surface area contributed by atoms with Crippen molar-refractivity contribution in [3.05, 3.63) is 47.8 Å². The van der Waals surface area contributed by atoms with E-state index < -0.39 is 0 Å². The average Bonchev–Trinajstić information content (AvgIpc) is 2.85. The van der Waals surface area contributed by atoms with Crippen LogP contribution in [0.1, 0.15) is 35.7 Å². The fourth-order valence-corrected chi connectivity index (χ4v) is 2.01. The van der Waals surface area contributed by atoms with E-state index in [-0.39, 0.29) is 5.78 Å². The van der Waals surface area contributed by atoms with E-state index in [0.29, 0.717) is 18.4 Å². The highest BCUT2D eigenvalue weighted by molar-refractivity contribution is 5.95. The van der Waals surface area contributed by atoms with Crippen LogP contribution >= 0.6 is 0 Å². The summed E-state index contributed by atoms with van der Waals surface area (Å²) >= 11 is 0. The number of rotatable bonds is 6. The van der Waals surface area contributed by atoms with Gasteiger partial charge < -0.3 is 5.73 Å². The standard InChI is InChI=1S/C15H19N3O/c1-2-8-18-11-13(10-17-18)15(19)7-6-12-4-3-5-14(16)9-12/h3-5,9-11H,2,6-8,16H2,1H3. The van der Waals surface area contributed by atoms with E-state index in [9.17, 15) is 4.79 Å². The Balaban J connectivity index is 1.93. The summed E-state index contributed by atoms with van der Waals surface area (Å²) < 4.78 is 1.81. The van der Waals surface area contributed by atoms with Gasteiger partial charge in [-0.25, -0.2) is 0 Å². The van der Waals surface area contributed by atoms with Gasteiger partial charge in [0.05, 0.1) is 11.8 Å². The van der Waals surface area contributed by atoms with Gasteiger partial charge in [0.1, 0.15) is 0 Å². The van der Waals surface area contributed by atoms with E-state index in [1.165, 1.54) is 0 Å². The number of hydrogen-bond acceptors (Lipinski definition) is 3. The number of ketones is 1. The molecule has 0 radical (unpaired) electrons. The van der Waals surface area contributed by atoms with Gasteiger partial charge in [0.25, 0.3) is 0 Å². The van der Waals surface area contributed by atoms with Crippen LogP contribution in [0.5, 0.6) is 0 Å². The second kappa shape index (κ2) is 6.18. The zero-order valence-electron chi connectivity index (χ0n) is 11.2. The third-order valence-electron chi connectivity index (χ3n) is 3.00. The Labute approximate surface area is 113 Å². The molecular weight excluding hydrogens is 238 g/mol. The molecule has 0 atom stereocenters. The molecule has 1 aromatic heterocycles. The molecule has 0 aliphatic carbocycles. The molecule has 0 aliphatic rings. The maximum atomic E-state index is 12.0. The molecule has 4 heteroatoms. The summed E-state index contributed by atoms with van der Waals surface area (Å²) in [7, 11) is 0. The van der Waals surface area contributed by atoms with Gasteiger partial charge in [-0.2, -0.15) is 5.10 Å². The number of aryl methyl sites for hydroxylation is 2. The third-order valence-corrected chi connectivity index (χ3v) is 3.00. The van der Waals surface area contributed by atoms with Crippen LogP contribution in [-0.4, -0.2) is 15.6 Å². The fourth-order valence-electron chi connectivity index (χ4n) is 2.01. The van der Waals surface area contributed by atoms with Gasteiger partial charge in [0, 0.05) is 24.8 Å². The van der Waals surface area contributed by atoms with Crippen LogP contribution in [0.4, 0.5) is 5.69 Å². The van der Waals surface area contributed by atoms with E-state index in [2.05, 4.69) is 12.0 Å². The van der Waals surface area contributed by atoms with Crippen LogP contribution in [0.3, 0.4) is 0 Å². The third kappa shape index (κ3) is 3.68. The van der Waals surface area contributed by atoms with Gasteiger partial charge in [-0.15, -0.1) is 0 Å². The number of nitrogens with zero attached hydrogens (tertiary/aromatic N) is 2. The van der Waals surface area contributed by atoms with Gasteiger partial charge in [0.2, 0.25) is 0 Å². The predicted molar refractivity (Wildman–Crippen MR) is 76.0 cm³/mol. The van der Waals surface area contributed by atoms with Crippen LogP contribution in [0.2, 0.25) is 0 Å². The Morgan fingerprint density at radius 3 is 3.00 bits per heavy atom. The summed E-state index contributed by atoms with van der Waals surface area (Å²) in [6, 6.07) is 7.66. The predicted octanol–water partition coefficient (Wildman–Crippen LogP) is 2.69. The van der Waals surface area contributed by atoms with Crippen molar-refractivity contribution in [2.24, 2.45) is 0 Å². The van der Waals surface area contributed by atoms with E-state index in [1.54, 1.807) is 6.20 Å². The molecule has 2 N–H and O–H groups in total. The van der Waals surface area contributed by atoms with Gasteiger partial charge in [-0.1, -0.05) is 19.1 Å². The minimum atomic E-state index is 0.129. The average molecular weight is 257 g/mol. The van der Waals surface area contributed by atoms with Crippen LogP contribution in [-0.2, 0) is 13.0 Å². The number of anilines is 1. The highest BCUT2D eigenvalue weighted by Crippen LogP contribution is 2.11. The summed E-state index contributed by atoms with van der Waals surface area (Å²) in [5.74, 6) is 0.129. The number of nitrogens with two attached hydrogens (primary N) is 1. The zero-order chi connectivity index (χ0) is 13.7. The van der Waals surface area contributed by atoms with E-state index >= 15 is 0 Å². The molecule has 0 unspecified atom stereocenters.